The predicted octanol–water partition coefficient (Wildman–Crippen LogP) is 4.07. The largest absolute Gasteiger partial charge is 0.304 e. The minimum Gasteiger partial charge on any atom is -0.304 e. The molecule has 1 aromatic rings. The first-order valence-electron chi connectivity index (χ1n) is 6.45. The SMILES string of the molecule is CC(C)Sc1ccc(CCN(C)C(C)C)cc1. The Balaban J connectivity index is 2.45. The van der Waals surface area contributed by atoms with Crippen LogP contribution in [0, 0.1) is 0 Å². The highest BCUT2D eigenvalue weighted by Gasteiger charge is 2.03. The highest BCUT2D eigenvalue weighted by molar-refractivity contribution is 7.99. The summed E-state index contributed by atoms with van der Waals surface area (Å²) in [5.74, 6) is 0. The van der Waals surface area contributed by atoms with Crippen LogP contribution in [0.25, 0.3) is 0 Å². The molecule has 0 spiro atoms. The van der Waals surface area contributed by atoms with Crippen LogP contribution in [0.3, 0.4) is 0 Å². The molecule has 2 heteroatoms. The van der Waals surface area contributed by atoms with E-state index in [1.165, 1.54) is 10.5 Å². The topological polar surface area (TPSA) is 3.24 Å². The van der Waals surface area contributed by atoms with Crippen molar-refractivity contribution in [2.75, 3.05) is 13.6 Å². The van der Waals surface area contributed by atoms with E-state index in [9.17, 15) is 0 Å². The fourth-order valence-corrected chi connectivity index (χ4v) is 2.41. The summed E-state index contributed by atoms with van der Waals surface area (Å²) in [6, 6.07) is 9.65. The minimum atomic E-state index is 0.630. The van der Waals surface area contributed by atoms with Crippen LogP contribution in [0.5, 0.6) is 0 Å². The van der Waals surface area contributed by atoms with Gasteiger partial charge in [0, 0.05) is 22.7 Å². The summed E-state index contributed by atoms with van der Waals surface area (Å²) < 4.78 is 0. The van der Waals surface area contributed by atoms with Crippen LogP contribution in [0.4, 0.5) is 0 Å². The Morgan fingerprint density at radius 2 is 1.65 bits per heavy atom. The van der Waals surface area contributed by atoms with Gasteiger partial charge < -0.3 is 4.90 Å². The van der Waals surface area contributed by atoms with Gasteiger partial charge in [-0.25, -0.2) is 0 Å². The molecule has 0 radical (unpaired) electrons. The van der Waals surface area contributed by atoms with Gasteiger partial charge in [-0.05, 0) is 45.0 Å². The van der Waals surface area contributed by atoms with E-state index >= 15 is 0 Å². The van der Waals surface area contributed by atoms with Crippen molar-refractivity contribution in [2.24, 2.45) is 0 Å². The molecule has 0 aliphatic carbocycles. The van der Waals surface area contributed by atoms with Gasteiger partial charge in [0.2, 0.25) is 0 Å². The van der Waals surface area contributed by atoms with E-state index in [1.54, 1.807) is 0 Å². The molecule has 0 aliphatic rings. The number of hydrogen-bond acceptors (Lipinski definition) is 2. The zero-order valence-electron chi connectivity index (χ0n) is 11.7. The summed E-state index contributed by atoms with van der Waals surface area (Å²) >= 11 is 1.93. The second-order valence-corrected chi connectivity index (χ2v) is 6.78. The monoisotopic (exact) mass is 251 g/mol. The van der Waals surface area contributed by atoms with Crippen molar-refractivity contribution in [1.82, 2.24) is 4.90 Å². The van der Waals surface area contributed by atoms with Crippen LogP contribution in [0.15, 0.2) is 29.2 Å². The maximum absolute atomic E-state index is 2.39. The van der Waals surface area contributed by atoms with Crippen molar-refractivity contribution in [3.05, 3.63) is 29.8 Å². The molecule has 0 bridgehead atoms. The lowest BCUT2D eigenvalue weighted by atomic mass is 10.1. The first-order chi connectivity index (χ1) is 7.99. The van der Waals surface area contributed by atoms with E-state index in [1.807, 2.05) is 11.8 Å². The standard InChI is InChI=1S/C15H25NS/c1-12(2)16(5)11-10-14-6-8-15(9-7-14)17-13(3)4/h6-9,12-13H,10-11H2,1-5H3. The molecule has 0 fully saturated rings. The Kier molecular flexibility index (Phi) is 6.07. The Hall–Kier alpha value is -0.470. The highest BCUT2D eigenvalue weighted by atomic mass is 32.2. The van der Waals surface area contributed by atoms with Crippen molar-refractivity contribution >= 4 is 11.8 Å². The minimum absolute atomic E-state index is 0.630. The van der Waals surface area contributed by atoms with Crippen LogP contribution < -0.4 is 0 Å². The summed E-state index contributed by atoms with van der Waals surface area (Å²) in [4.78, 5) is 3.76. The summed E-state index contributed by atoms with van der Waals surface area (Å²) in [5, 5.41) is 0.660. The van der Waals surface area contributed by atoms with Gasteiger partial charge in [0.1, 0.15) is 0 Å². The molecule has 0 saturated heterocycles. The molecule has 1 rings (SSSR count). The Morgan fingerprint density at radius 1 is 1.06 bits per heavy atom. The molecule has 0 saturated carbocycles. The molecule has 0 aromatic heterocycles. The zero-order valence-corrected chi connectivity index (χ0v) is 12.6. The number of hydrogen-bond donors (Lipinski definition) is 0. The molecule has 96 valence electrons. The fourth-order valence-electron chi connectivity index (χ4n) is 1.57. The van der Waals surface area contributed by atoms with Gasteiger partial charge in [0.05, 0.1) is 0 Å². The summed E-state index contributed by atoms with van der Waals surface area (Å²) in [7, 11) is 2.19. The van der Waals surface area contributed by atoms with Gasteiger partial charge in [0.15, 0.2) is 0 Å². The average molecular weight is 251 g/mol. The van der Waals surface area contributed by atoms with E-state index in [4.69, 9.17) is 0 Å². The van der Waals surface area contributed by atoms with Crippen molar-refractivity contribution in [1.29, 1.82) is 0 Å². The lowest BCUT2D eigenvalue weighted by Gasteiger charge is -2.20. The number of rotatable bonds is 6. The van der Waals surface area contributed by atoms with E-state index in [-0.39, 0.29) is 0 Å². The zero-order chi connectivity index (χ0) is 12.8. The number of nitrogens with zero attached hydrogens (tertiary/aromatic N) is 1. The van der Waals surface area contributed by atoms with Gasteiger partial charge in [-0.3, -0.25) is 0 Å². The molecular weight excluding hydrogens is 226 g/mol. The van der Waals surface area contributed by atoms with E-state index in [0.29, 0.717) is 11.3 Å². The van der Waals surface area contributed by atoms with Crippen molar-refractivity contribution in [3.8, 4) is 0 Å². The van der Waals surface area contributed by atoms with Gasteiger partial charge >= 0.3 is 0 Å². The third-order valence-corrected chi connectivity index (χ3v) is 3.95. The molecular formula is C15H25NS. The van der Waals surface area contributed by atoms with Crippen LogP contribution in [0.2, 0.25) is 0 Å². The molecule has 17 heavy (non-hydrogen) atoms. The second kappa shape index (κ2) is 7.07. The molecule has 1 aromatic carbocycles. The second-order valence-electron chi connectivity index (χ2n) is 5.13. The van der Waals surface area contributed by atoms with Gasteiger partial charge in [-0.15, -0.1) is 11.8 Å². The summed E-state index contributed by atoms with van der Waals surface area (Å²) in [5.41, 5.74) is 1.44. The lowest BCUT2D eigenvalue weighted by Crippen LogP contribution is -2.28. The third kappa shape index (κ3) is 5.60. The van der Waals surface area contributed by atoms with E-state index < -0.39 is 0 Å². The number of benzene rings is 1. The Labute approximate surface area is 111 Å². The molecule has 1 nitrogen and oxygen atoms in total. The number of thioether (sulfide) groups is 1. The van der Waals surface area contributed by atoms with Gasteiger partial charge in [-0.2, -0.15) is 0 Å². The maximum Gasteiger partial charge on any atom is 0.00747 e. The van der Waals surface area contributed by atoms with Crippen molar-refractivity contribution in [3.63, 3.8) is 0 Å². The smallest absolute Gasteiger partial charge is 0.00747 e. The van der Waals surface area contributed by atoms with Crippen molar-refractivity contribution < 1.29 is 0 Å². The third-order valence-electron chi connectivity index (χ3n) is 2.93. The van der Waals surface area contributed by atoms with Crippen LogP contribution in [-0.2, 0) is 6.42 Å². The van der Waals surface area contributed by atoms with Crippen LogP contribution in [-0.4, -0.2) is 29.8 Å². The lowest BCUT2D eigenvalue weighted by molar-refractivity contribution is 0.277. The predicted molar refractivity (Wildman–Crippen MR) is 78.9 cm³/mol. The van der Waals surface area contributed by atoms with E-state index in [2.05, 4.69) is 63.9 Å². The first-order valence-corrected chi connectivity index (χ1v) is 7.33. The molecule has 0 amide bonds. The van der Waals surface area contributed by atoms with Crippen LogP contribution in [0.1, 0.15) is 33.3 Å². The summed E-state index contributed by atoms with van der Waals surface area (Å²) in [6.45, 7) is 10.1. The van der Waals surface area contributed by atoms with Crippen molar-refractivity contribution in [2.45, 2.75) is 50.3 Å². The Morgan fingerprint density at radius 3 is 2.12 bits per heavy atom. The molecule has 0 N–H and O–H groups in total. The number of likely N-dealkylation sites (N-methyl/N-ethyl adjacent to an activating group) is 1. The maximum atomic E-state index is 2.39. The van der Waals surface area contributed by atoms with Crippen LogP contribution >= 0.6 is 11.8 Å². The van der Waals surface area contributed by atoms with E-state index in [0.717, 1.165) is 13.0 Å². The average Bonchev–Trinajstić information content (AvgIpc) is 2.26. The normalized spacial score (nSPS) is 11.8. The first kappa shape index (κ1) is 14.6. The summed E-state index contributed by atoms with van der Waals surface area (Å²) in [6.07, 6.45) is 1.14. The Bertz CT molecular complexity index is 316. The fraction of sp³-hybridized carbons (Fsp3) is 0.600. The highest BCUT2D eigenvalue weighted by Crippen LogP contribution is 2.22. The quantitative estimate of drug-likeness (QED) is 0.701. The molecule has 0 atom stereocenters. The van der Waals surface area contributed by atoms with Gasteiger partial charge in [0.25, 0.3) is 0 Å². The molecule has 0 aliphatic heterocycles. The molecule has 0 heterocycles. The van der Waals surface area contributed by atoms with Gasteiger partial charge in [-0.1, -0.05) is 26.0 Å². The molecule has 0 unspecified atom stereocenters.